The van der Waals surface area contributed by atoms with E-state index in [4.69, 9.17) is 11.6 Å². The van der Waals surface area contributed by atoms with Crippen LogP contribution in [0.3, 0.4) is 0 Å². The molecule has 2 heterocycles. The van der Waals surface area contributed by atoms with E-state index >= 15 is 0 Å². The zero-order valence-electron chi connectivity index (χ0n) is 13.9. The van der Waals surface area contributed by atoms with Crippen molar-refractivity contribution in [1.82, 2.24) is 14.1 Å². The van der Waals surface area contributed by atoms with E-state index in [-0.39, 0.29) is 11.4 Å². The van der Waals surface area contributed by atoms with E-state index in [1.807, 2.05) is 6.07 Å². The zero-order valence-corrected chi connectivity index (χ0v) is 15.5. The number of hydrogen-bond acceptors (Lipinski definition) is 4. The molecule has 0 bridgehead atoms. The fourth-order valence-corrected chi connectivity index (χ4v) is 5.15. The second-order valence-electron chi connectivity index (χ2n) is 6.77. The van der Waals surface area contributed by atoms with Crippen molar-refractivity contribution < 1.29 is 13.5 Å². The third kappa shape index (κ3) is 2.99. The SMILES string of the molecule is Cc1c(Cl)cccc1S(=O)(=O)N1CCn2nc([C@@H](O)C3CC3)cc2C1. The summed E-state index contributed by atoms with van der Waals surface area (Å²) in [6.07, 6.45) is 1.51. The number of halogens is 1. The summed E-state index contributed by atoms with van der Waals surface area (Å²) >= 11 is 6.09. The highest BCUT2D eigenvalue weighted by Crippen LogP contribution is 2.40. The average molecular weight is 382 g/mol. The van der Waals surface area contributed by atoms with Crippen molar-refractivity contribution in [3.8, 4) is 0 Å². The Hall–Kier alpha value is -1.41. The van der Waals surface area contributed by atoms with Gasteiger partial charge in [0.2, 0.25) is 10.0 Å². The van der Waals surface area contributed by atoms with Crippen molar-refractivity contribution in [2.24, 2.45) is 5.92 Å². The van der Waals surface area contributed by atoms with Gasteiger partial charge in [0.15, 0.2) is 0 Å². The fourth-order valence-electron chi connectivity index (χ4n) is 3.27. The van der Waals surface area contributed by atoms with E-state index in [1.54, 1.807) is 29.8 Å². The fraction of sp³-hybridized carbons (Fsp3) is 0.471. The maximum Gasteiger partial charge on any atom is 0.243 e. The van der Waals surface area contributed by atoms with Gasteiger partial charge in [0.1, 0.15) is 6.10 Å². The number of sulfonamides is 1. The minimum Gasteiger partial charge on any atom is -0.386 e. The van der Waals surface area contributed by atoms with Crippen LogP contribution in [0.15, 0.2) is 29.2 Å². The second kappa shape index (κ2) is 6.09. The summed E-state index contributed by atoms with van der Waals surface area (Å²) in [4.78, 5) is 0.242. The summed E-state index contributed by atoms with van der Waals surface area (Å²) in [6, 6.07) is 6.76. The molecule has 1 saturated carbocycles. The highest BCUT2D eigenvalue weighted by atomic mass is 35.5. The molecule has 1 fully saturated rings. The molecule has 4 rings (SSSR count). The maximum atomic E-state index is 13.0. The zero-order chi connectivity index (χ0) is 17.8. The van der Waals surface area contributed by atoms with Crippen molar-refractivity contribution in [2.75, 3.05) is 6.54 Å². The molecule has 6 nitrogen and oxygen atoms in total. The van der Waals surface area contributed by atoms with Gasteiger partial charge in [-0.25, -0.2) is 8.42 Å². The van der Waals surface area contributed by atoms with Gasteiger partial charge in [0, 0.05) is 11.6 Å². The smallest absolute Gasteiger partial charge is 0.243 e. The lowest BCUT2D eigenvalue weighted by atomic mass is 10.1. The topological polar surface area (TPSA) is 75.4 Å². The van der Waals surface area contributed by atoms with E-state index < -0.39 is 16.1 Å². The van der Waals surface area contributed by atoms with E-state index in [0.717, 1.165) is 18.5 Å². The minimum atomic E-state index is -3.63. The minimum absolute atomic E-state index is 0.242. The summed E-state index contributed by atoms with van der Waals surface area (Å²) in [6.45, 7) is 2.79. The Bertz CT molecular complexity index is 921. The molecule has 1 aliphatic carbocycles. The van der Waals surface area contributed by atoms with E-state index in [9.17, 15) is 13.5 Å². The summed E-state index contributed by atoms with van der Waals surface area (Å²) in [5.74, 6) is 0.297. The first-order valence-corrected chi connectivity index (χ1v) is 10.2. The van der Waals surface area contributed by atoms with Crippen LogP contribution in [0.2, 0.25) is 5.02 Å². The molecule has 134 valence electrons. The van der Waals surface area contributed by atoms with Gasteiger partial charge < -0.3 is 5.11 Å². The maximum absolute atomic E-state index is 13.0. The molecule has 25 heavy (non-hydrogen) atoms. The van der Waals surface area contributed by atoms with Crippen LogP contribution in [0.5, 0.6) is 0 Å². The lowest BCUT2D eigenvalue weighted by Crippen LogP contribution is -2.38. The van der Waals surface area contributed by atoms with Crippen LogP contribution in [0.1, 0.15) is 35.9 Å². The number of aliphatic hydroxyl groups excluding tert-OH is 1. The predicted octanol–water partition coefficient (Wildman–Crippen LogP) is 2.49. The average Bonchev–Trinajstić information content (AvgIpc) is 3.34. The van der Waals surface area contributed by atoms with Crippen LogP contribution in [-0.4, -0.2) is 34.2 Å². The first-order chi connectivity index (χ1) is 11.9. The Kier molecular flexibility index (Phi) is 4.15. The van der Waals surface area contributed by atoms with Crippen LogP contribution in [0.4, 0.5) is 0 Å². The number of aliphatic hydroxyl groups is 1. The molecule has 0 saturated heterocycles. The third-order valence-corrected chi connectivity index (χ3v) is 7.39. The predicted molar refractivity (Wildman–Crippen MR) is 93.7 cm³/mol. The van der Waals surface area contributed by atoms with Crippen molar-refractivity contribution >= 4 is 21.6 Å². The van der Waals surface area contributed by atoms with Crippen LogP contribution >= 0.6 is 11.6 Å². The molecule has 1 aromatic heterocycles. The molecule has 0 radical (unpaired) electrons. The van der Waals surface area contributed by atoms with Crippen LogP contribution < -0.4 is 0 Å². The van der Waals surface area contributed by atoms with Gasteiger partial charge >= 0.3 is 0 Å². The quantitative estimate of drug-likeness (QED) is 0.882. The normalized spacial score (nSPS) is 19.6. The molecule has 1 aromatic carbocycles. The summed E-state index contributed by atoms with van der Waals surface area (Å²) < 4.78 is 29.3. The van der Waals surface area contributed by atoms with Crippen molar-refractivity contribution in [3.63, 3.8) is 0 Å². The number of rotatable bonds is 4. The Morgan fingerprint density at radius 1 is 1.32 bits per heavy atom. The molecular formula is C17H20ClN3O3S. The number of aromatic nitrogens is 2. The van der Waals surface area contributed by atoms with Gasteiger partial charge in [-0.1, -0.05) is 17.7 Å². The monoisotopic (exact) mass is 381 g/mol. The van der Waals surface area contributed by atoms with E-state index in [2.05, 4.69) is 5.10 Å². The highest BCUT2D eigenvalue weighted by molar-refractivity contribution is 7.89. The lowest BCUT2D eigenvalue weighted by molar-refractivity contribution is 0.148. The molecule has 1 atom stereocenters. The molecule has 8 heteroatoms. The molecule has 0 unspecified atom stereocenters. The van der Waals surface area contributed by atoms with Gasteiger partial charge in [-0.05, 0) is 49.4 Å². The summed E-state index contributed by atoms with van der Waals surface area (Å²) in [5, 5.41) is 15.2. The summed E-state index contributed by atoms with van der Waals surface area (Å²) in [7, 11) is -3.63. The van der Waals surface area contributed by atoms with Crippen molar-refractivity contribution in [2.45, 2.75) is 43.9 Å². The molecule has 2 aromatic rings. The number of nitrogens with zero attached hydrogens (tertiary/aromatic N) is 3. The van der Waals surface area contributed by atoms with Crippen LogP contribution in [0, 0.1) is 12.8 Å². The van der Waals surface area contributed by atoms with Gasteiger partial charge in [0.05, 0.1) is 29.4 Å². The standard InChI is InChI=1S/C17H20ClN3O3S/c1-11-14(18)3-2-4-16(11)25(23,24)20-7-8-21-13(10-20)9-15(19-21)17(22)12-5-6-12/h2-4,9,12,17,22H,5-8,10H2,1H3/t17-/m0/s1. The first-order valence-electron chi connectivity index (χ1n) is 8.38. The Labute approximate surface area is 152 Å². The largest absolute Gasteiger partial charge is 0.386 e. The highest BCUT2D eigenvalue weighted by Gasteiger charge is 2.35. The van der Waals surface area contributed by atoms with Gasteiger partial charge in [-0.3, -0.25) is 4.68 Å². The summed E-state index contributed by atoms with van der Waals surface area (Å²) in [5.41, 5.74) is 2.02. The van der Waals surface area contributed by atoms with Crippen molar-refractivity contribution in [3.05, 3.63) is 46.2 Å². The molecule has 2 aliphatic rings. The Morgan fingerprint density at radius 3 is 2.80 bits per heavy atom. The molecule has 0 amide bonds. The van der Waals surface area contributed by atoms with Crippen LogP contribution in [-0.2, 0) is 23.1 Å². The third-order valence-electron chi connectivity index (χ3n) is 4.99. The first kappa shape index (κ1) is 17.0. The molecule has 1 aliphatic heterocycles. The van der Waals surface area contributed by atoms with Gasteiger partial charge in [-0.15, -0.1) is 0 Å². The molecular weight excluding hydrogens is 362 g/mol. The van der Waals surface area contributed by atoms with Crippen molar-refractivity contribution in [1.29, 1.82) is 0 Å². The van der Waals surface area contributed by atoms with E-state index in [1.165, 1.54) is 4.31 Å². The van der Waals surface area contributed by atoms with Crippen LogP contribution in [0.25, 0.3) is 0 Å². The Morgan fingerprint density at radius 2 is 2.08 bits per heavy atom. The molecule has 1 N–H and O–H groups in total. The second-order valence-corrected chi connectivity index (χ2v) is 9.08. The lowest BCUT2D eigenvalue weighted by Gasteiger charge is -2.27. The van der Waals surface area contributed by atoms with Gasteiger partial charge in [-0.2, -0.15) is 9.40 Å². The number of benzene rings is 1. The number of fused-ring (bicyclic) bond motifs is 1. The Balaban J connectivity index is 1.62. The van der Waals surface area contributed by atoms with Gasteiger partial charge in [0.25, 0.3) is 0 Å². The molecule has 0 spiro atoms. The van der Waals surface area contributed by atoms with E-state index in [0.29, 0.717) is 35.3 Å². The number of hydrogen-bond donors (Lipinski definition) is 1.